The van der Waals surface area contributed by atoms with Gasteiger partial charge in [-0.2, -0.15) is 4.90 Å². The molecule has 0 aliphatic rings. The van der Waals surface area contributed by atoms with Crippen molar-refractivity contribution in [1.82, 2.24) is 15.5 Å². The van der Waals surface area contributed by atoms with E-state index in [1.54, 1.807) is 91.0 Å². The van der Waals surface area contributed by atoms with Crippen molar-refractivity contribution < 1.29 is 48.4 Å². The van der Waals surface area contributed by atoms with Gasteiger partial charge in [0.05, 0.1) is 6.10 Å². The molecule has 0 heterocycles. The fraction of sp³-hybridized carbons (Fsp3) is 0.310. The first-order chi connectivity index (χ1) is 27.0. The molecule has 14 nitrogen and oxygen atoms in total. The fourth-order valence-corrected chi connectivity index (χ4v) is 5.56. The Morgan fingerprint density at radius 2 is 1.12 bits per heavy atom. The van der Waals surface area contributed by atoms with Gasteiger partial charge in [0.25, 0.3) is 0 Å². The number of nitrogens with one attached hydrogen (secondary N) is 2. The lowest BCUT2D eigenvalue weighted by atomic mass is 10.0. The van der Waals surface area contributed by atoms with Crippen molar-refractivity contribution in [3.63, 3.8) is 0 Å². The van der Waals surface area contributed by atoms with E-state index in [1.165, 1.54) is 31.2 Å². The highest BCUT2D eigenvalue weighted by molar-refractivity contribution is 5.97. The van der Waals surface area contributed by atoms with Gasteiger partial charge < -0.3 is 40.8 Å². The van der Waals surface area contributed by atoms with Crippen molar-refractivity contribution >= 4 is 30.0 Å². The Labute approximate surface area is 325 Å². The second-order valence-electron chi connectivity index (χ2n) is 13.0. The lowest BCUT2D eigenvalue weighted by Crippen LogP contribution is -2.59. The molecule has 0 saturated carbocycles. The van der Waals surface area contributed by atoms with E-state index >= 15 is 0 Å². The fourth-order valence-electron chi connectivity index (χ4n) is 5.56. The number of carbonyl (C=O) groups is 5. The van der Waals surface area contributed by atoms with Gasteiger partial charge in [0.2, 0.25) is 11.8 Å². The van der Waals surface area contributed by atoms with Crippen LogP contribution in [0.2, 0.25) is 0 Å². The number of hydrogen-bond donors (Lipinski definition) is 5. The van der Waals surface area contributed by atoms with E-state index in [-0.39, 0.29) is 45.0 Å². The Kier molecular flexibility index (Phi) is 16.8. The molecule has 56 heavy (non-hydrogen) atoms. The van der Waals surface area contributed by atoms with Crippen LogP contribution in [0, 0.1) is 0 Å². The molecule has 0 bridgehead atoms. The molecular formula is C42H48N4O10. The lowest BCUT2D eigenvalue weighted by molar-refractivity contribution is -0.152. The summed E-state index contributed by atoms with van der Waals surface area (Å²) >= 11 is 0. The molecule has 0 spiro atoms. The summed E-state index contributed by atoms with van der Waals surface area (Å²) in [6, 6.07) is 27.7. The highest BCUT2D eigenvalue weighted by Gasteiger charge is 2.39. The number of rotatable bonds is 19. The van der Waals surface area contributed by atoms with Gasteiger partial charge in [-0.05, 0) is 67.1 Å². The first-order valence-electron chi connectivity index (χ1n) is 18.2. The molecule has 14 heteroatoms. The van der Waals surface area contributed by atoms with Gasteiger partial charge in [0.15, 0.2) is 6.04 Å². The second-order valence-corrected chi connectivity index (χ2v) is 13.0. The Hall–Kier alpha value is -6.25. The average Bonchev–Trinajstić information content (AvgIpc) is 3.21. The number of nitrogens with two attached hydrogens (primary N) is 1. The quantitative estimate of drug-likeness (QED) is 0.0510. The van der Waals surface area contributed by atoms with Gasteiger partial charge >= 0.3 is 18.2 Å². The van der Waals surface area contributed by atoms with E-state index in [4.69, 9.17) is 19.9 Å². The first kappa shape index (κ1) is 42.5. The smallest absolute Gasteiger partial charge is 0.420 e. The number of ether oxygens (including phenoxy) is 3. The minimum absolute atomic E-state index is 0.0345. The normalized spacial score (nSPS) is 12.9. The number of esters is 1. The molecule has 6 N–H and O–H groups in total. The summed E-state index contributed by atoms with van der Waals surface area (Å²) in [7, 11) is 0. The summed E-state index contributed by atoms with van der Waals surface area (Å²) in [4.78, 5) is 69.6. The highest BCUT2D eigenvalue weighted by Crippen LogP contribution is 2.18. The van der Waals surface area contributed by atoms with Crippen LogP contribution in [0.3, 0.4) is 0 Å². The summed E-state index contributed by atoms with van der Waals surface area (Å²) in [6.45, 7) is 1.01. The monoisotopic (exact) mass is 768 g/mol. The minimum Gasteiger partial charge on any atom is -0.508 e. The van der Waals surface area contributed by atoms with Crippen LogP contribution in [0.1, 0.15) is 48.4 Å². The zero-order chi connectivity index (χ0) is 40.3. The number of phenolic OH excluding ortho intramolecular Hbond substituents is 1. The number of amides is 4. The zero-order valence-electron chi connectivity index (χ0n) is 31.1. The molecule has 0 radical (unpaired) electrons. The maximum atomic E-state index is 14.3. The molecule has 4 aromatic rings. The summed E-state index contributed by atoms with van der Waals surface area (Å²) in [5, 5.41) is 25.5. The molecule has 4 amide bonds. The van der Waals surface area contributed by atoms with Gasteiger partial charge in [0, 0.05) is 6.42 Å². The number of hydrogen-bond acceptors (Lipinski definition) is 11. The van der Waals surface area contributed by atoms with Crippen molar-refractivity contribution in [1.29, 1.82) is 0 Å². The van der Waals surface area contributed by atoms with Gasteiger partial charge in [-0.15, -0.1) is 0 Å². The van der Waals surface area contributed by atoms with Gasteiger partial charge in [0.1, 0.15) is 37.7 Å². The van der Waals surface area contributed by atoms with E-state index in [9.17, 15) is 34.2 Å². The predicted octanol–water partition coefficient (Wildman–Crippen LogP) is 4.50. The van der Waals surface area contributed by atoms with E-state index in [0.717, 1.165) is 0 Å². The van der Waals surface area contributed by atoms with Crippen LogP contribution in [0.15, 0.2) is 115 Å². The maximum Gasteiger partial charge on any atom is 0.420 e. The second kappa shape index (κ2) is 22.2. The third kappa shape index (κ3) is 13.6. The van der Waals surface area contributed by atoms with Crippen LogP contribution in [0.25, 0.3) is 0 Å². The van der Waals surface area contributed by atoms with Crippen molar-refractivity contribution in [2.45, 2.75) is 76.7 Å². The number of aliphatic hydroxyl groups excluding tert-OH is 1. The van der Waals surface area contributed by atoms with Crippen LogP contribution < -0.4 is 16.4 Å². The topological polar surface area (TPSA) is 207 Å². The Morgan fingerprint density at radius 1 is 0.643 bits per heavy atom. The number of unbranched alkanes of at least 4 members (excludes halogenated alkanes) is 1. The molecular weight excluding hydrogens is 720 g/mol. The largest absolute Gasteiger partial charge is 0.508 e. The molecule has 4 aromatic carbocycles. The van der Waals surface area contributed by atoms with Crippen LogP contribution in [-0.2, 0) is 54.8 Å². The average molecular weight is 769 g/mol. The molecule has 0 saturated heterocycles. The van der Waals surface area contributed by atoms with E-state index in [2.05, 4.69) is 10.6 Å². The number of carbonyl (C=O) groups excluding carboxylic acids is 5. The van der Waals surface area contributed by atoms with Gasteiger partial charge in [-0.25, -0.2) is 14.4 Å². The first-order valence-corrected chi connectivity index (χ1v) is 18.2. The number of imide groups is 1. The summed E-state index contributed by atoms with van der Waals surface area (Å²) in [6.07, 6.45) is -3.20. The Balaban J connectivity index is 1.62. The lowest BCUT2D eigenvalue weighted by Gasteiger charge is -2.30. The number of aromatic hydroxyl groups is 1. The molecule has 296 valence electrons. The predicted molar refractivity (Wildman–Crippen MR) is 205 cm³/mol. The molecule has 0 aliphatic heterocycles. The van der Waals surface area contributed by atoms with Crippen LogP contribution in [-0.4, -0.2) is 75.9 Å². The number of nitrogens with zero attached hydrogens (tertiary/aromatic N) is 1. The standard InChI is InChI=1S/C42H48N4O10/c1-29(47)37(40(51)54-26-31-13-5-2-6-14-31)45-38(49)35(25-30-20-22-34(48)23-21-30)44-39(50)36(19-11-12-24-43)46(41(52)55-27-32-15-7-3-8-16-32)42(53)56-28-33-17-9-4-10-18-33/h2-10,13-18,20-23,29,35-37,47-48H,11-12,19,24-28,43H2,1H3,(H,44,50)(H,45,49)/t29-,35+,36+,37-/m0/s1. The summed E-state index contributed by atoms with van der Waals surface area (Å²) in [5.41, 5.74) is 8.20. The zero-order valence-corrected chi connectivity index (χ0v) is 31.1. The minimum atomic E-state index is -1.54. The maximum absolute atomic E-state index is 14.3. The number of benzene rings is 4. The third-order valence-corrected chi connectivity index (χ3v) is 8.62. The molecule has 4 atom stereocenters. The summed E-state index contributed by atoms with van der Waals surface area (Å²) < 4.78 is 16.4. The van der Waals surface area contributed by atoms with Crippen LogP contribution in [0.4, 0.5) is 9.59 Å². The van der Waals surface area contributed by atoms with Crippen LogP contribution >= 0.6 is 0 Å². The van der Waals surface area contributed by atoms with Gasteiger partial charge in [-0.3, -0.25) is 9.59 Å². The highest BCUT2D eigenvalue weighted by atomic mass is 16.6. The Bertz CT molecular complexity index is 1790. The SMILES string of the molecule is C[C@H](O)[C@H](NC(=O)[C@@H](Cc1ccc(O)cc1)NC(=O)[C@@H](CCCCN)N(C(=O)OCc1ccccc1)C(=O)OCc1ccccc1)C(=O)OCc1ccccc1. The molecule has 0 aromatic heterocycles. The number of phenols is 1. The summed E-state index contributed by atoms with van der Waals surface area (Å²) in [5.74, 6) is -2.73. The van der Waals surface area contributed by atoms with E-state index in [0.29, 0.717) is 40.0 Å². The third-order valence-electron chi connectivity index (χ3n) is 8.62. The molecule has 0 fully saturated rings. The Morgan fingerprint density at radius 3 is 1.59 bits per heavy atom. The van der Waals surface area contributed by atoms with Crippen molar-refractivity contribution in [3.8, 4) is 5.75 Å². The van der Waals surface area contributed by atoms with Crippen molar-refractivity contribution in [3.05, 3.63) is 138 Å². The number of aliphatic hydroxyl groups is 1. The molecule has 4 rings (SSSR count). The van der Waals surface area contributed by atoms with E-state index < -0.39 is 54.2 Å². The van der Waals surface area contributed by atoms with Crippen LogP contribution in [0.5, 0.6) is 5.75 Å². The van der Waals surface area contributed by atoms with Crippen molar-refractivity contribution in [2.24, 2.45) is 5.73 Å². The molecule has 0 unspecified atom stereocenters. The van der Waals surface area contributed by atoms with Crippen molar-refractivity contribution in [2.75, 3.05) is 6.54 Å². The van der Waals surface area contributed by atoms with E-state index in [1.807, 2.05) is 0 Å². The van der Waals surface area contributed by atoms with Gasteiger partial charge in [-0.1, -0.05) is 103 Å². The molecule has 0 aliphatic carbocycles.